The van der Waals surface area contributed by atoms with E-state index < -0.39 is 0 Å². The van der Waals surface area contributed by atoms with Crippen LogP contribution in [0.4, 0.5) is 0 Å². The number of halogens is 1. The van der Waals surface area contributed by atoms with Gasteiger partial charge in [0.15, 0.2) is 0 Å². The molecule has 2 aromatic rings. The van der Waals surface area contributed by atoms with Gasteiger partial charge in [0.1, 0.15) is 0 Å². The third kappa shape index (κ3) is 1.36. The first kappa shape index (κ1) is 8.41. The number of hydrogen-bond donors (Lipinski definition) is 1. The fourth-order valence-corrected chi connectivity index (χ4v) is 1.51. The lowest BCUT2D eigenvalue weighted by atomic mass is 10.1. The van der Waals surface area contributed by atoms with E-state index in [1.165, 1.54) is 0 Å². The normalized spacial score (nSPS) is 10.6. The number of rotatable bonds is 1. The maximum absolute atomic E-state index is 5.98. The van der Waals surface area contributed by atoms with Crippen molar-refractivity contribution in [3.8, 4) is 0 Å². The van der Waals surface area contributed by atoms with Gasteiger partial charge in [-0.05, 0) is 11.6 Å². The molecule has 0 aliphatic carbocycles. The van der Waals surface area contributed by atoms with Gasteiger partial charge < -0.3 is 5.73 Å². The molecule has 0 unspecified atom stereocenters. The number of benzene rings is 1. The minimum absolute atomic E-state index is 0.485. The van der Waals surface area contributed by atoms with Crippen molar-refractivity contribution in [1.82, 2.24) is 10.2 Å². The van der Waals surface area contributed by atoms with Gasteiger partial charge in [0, 0.05) is 17.3 Å². The van der Waals surface area contributed by atoms with Gasteiger partial charge >= 0.3 is 0 Å². The summed E-state index contributed by atoms with van der Waals surface area (Å²) in [4.78, 5) is 0. The molecule has 0 saturated carbocycles. The van der Waals surface area contributed by atoms with Crippen molar-refractivity contribution in [2.45, 2.75) is 6.54 Å². The average Bonchev–Trinajstić information content (AvgIpc) is 2.19. The zero-order valence-corrected chi connectivity index (χ0v) is 7.62. The van der Waals surface area contributed by atoms with Crippen LogP contribution < -0.4 is 5.73 Å². The Morgan fingerprint density at radius 2 is 1.85 bits per heavy atom. The van der Waals surface area contributed by atoms with Gasteiger partial charge in [-0.25, -0.2) is 0 Å². The smallest absolute Gasteiger partial charge is 0.0589 e. The summed E-state index contributed by atoms with van der Waals surface area (Å²) in [6.07, 6.45) is 3.33. The molecular formula is C9H8ClN3. The summed E-state index contributed by atoms with van der Waals surface area (Å²) >= 11 is 5.98. The molecule has 0 atom stereocenters. The van der Waals surface area contributed by atoms with E-state index in [4.69, 9.17) is 17.3 Å². The Balaban J connectivity index is 2.84. The van der Waals surface area contributed by atoms with Gasteiger partial charge in [-0.1, -0.05) is 17.7 Å². The van der Waals surface area contributed by atoms with E-state index in [0.29, 0.717) is 11.6 Å². The van der Waals surface area contributed by atoms with Crippen LogP contribution in [0, 0.1) is 0 Å². The Kier molecular flexibility index (Phi) is 2.12. The van der Waals surface area contributed by atoms with Gasteiger partial charge in [0.05, 0.1) is 17.4 Å². The highest BCUT2D eigenvalue weighted by molar-refractivity contribution is 6.35. The molecule has 0 amide bonds. The Bertz CT molecular complexity index is 442. The van der Waals surface area contributed by atoms with Crippen LogP contribution in [-0.4, -0.2) is 10.2 Å². The van der Waals surface area contributed by atoms with Crippen LogP contribution >= 0.6 is 11.6 Å². The van der Waals surface area contributed by atoms with Crippen molar-refractivity contribution < 1.29 is 0 Å². The minimum atomic E-state index is 0.485. The monoisotopic (exact) mass is 193 g/mol. The molecule has 13 heavy (non-hydrogen) atoms. The van der Waals surface area contributed by atoms with Crippen LogP contribution in [-0.2, 0) is 6.54 Å². The molecule has 4 heteroatoms. The summed E-state index contributed by atoms with van der Waals surface area (Å²) in [7, 11) is 0. The first-order valence-electron chi connectivity index (χ1n) is 3.91. The predicted molar refractivity (Wildman–Crippen MR) is 52.4 cm³/mol. The SMILES string of the molecule is NCc1ccc(Cl)c2cnncc12. The molecule has 2 N–H and O–H groups in total. The second-order valence-electron chi connectivity index (χ2n) is 2.73. The quantitative estimate of drug-likeness (QED) is 0.751. The summed E-state index contributed by atoms with van der Waals surface area (Å²) in [5, 5.41) is 10.1. The van der Waals surface area contributed by atoms with E-state index >= 15 is 0 Å². The molecule has 0 aliphatic rings. The molecule has 0 saturated heterocycles. The first-order valence-corrected chi connectivity index (χ1v) is 4.28. The second-order valence-corrected chi connectivity index (χ2v) is 3.13. The summed E-state index contributed by atoms with van der Waals surface area (Å²) in [6, 6.07) is 3.74. The number of hydrogen-bond acceptors (Lipinski definition) is 3. The van der Waals surface area contributed by atoms with Crippen LogP contribution in [0.3, 0.4) is 0 Å². The summed E-state index contributed by atoms with van der Waals surface area (Å²) in [5.41, 5.74) is 6.61. The average molecular weight is 194 g/mol. The minimum Gasteiger partial charge on any atom is -0.326 e. The van der Waals surface area contributed by atoms with Crippen LogP contribution in [0.2, 0.25) is 5.02 Å². The third-order valence-corrected chi connectivity index (χ3v) is 2.31. The van der Waals surface area contributed by atoms with Gasteiger partial charge in [0.25, 0.3) is 0 Å². The van der Waals surface area contributed by atoms with Crippen molar-refractivity contribution in [3.05, 3.63) is 35.1 Å². The number of fused-ring (bicyclic) bond motifs is 1. The van der Waals surface area contributed by atoms with Crippen molar-refractivity contribution in [2.24, 2.45) is 5.73 Å². The van der Waals surface area contributed by atoms with Crippen LogP contribution in [0.15, 0.2) is 24.5 Å². The molecule has 66 valence electrons. The Morgan fingerprint density at radius 3 is 2.54 bits per heavy atom. The maximum atomic E-state index is 5.98. The summed E-state index contributed by atoms with van der Waals surface area (Å²) < 4.78 is 0. The number of aromatic nitrogens is 2. The molecule has 1 aromatic carbocycles. The molecule has 3 nitrogen and oxygen atoms in total. The lowest BCUT2D eigenvalue weighted by Gasteiger charge is -2.03. The fourth-order valence-electron chi connectivity index (χ4n) is 1.30. The zero-order valence-electron chi connectivity index (χ0n) is 6.87. The summed E-state index contributed by atoms with van der Waals surface area (Å²) in [5.74, 6) is 0. The molecule has 2 rings (SSSR count). The highest BCUT2D eigenvalue weighted by Crippen LogP contribution is 2.24. The van der Waals surface area contributed by atoms with Crippen molar-refractivity contribution in [3.63, 3.8) is 0 Å². The van der Waals surface area contributed by atoms with E-state index in [9.17, 15) is 0 Å². The van der Waals surface area contributed by atoms with E-state index in [1.54, 1.807) is 12.4 Å². The number of nitrogens with two attached hydrogens (primary N) is 1. The van der Waals surface area contributed by atoms with E-state index in [2.05, 4.69) is 10.2 Å². The van der Waals surface area contributed by atoms with Crippen LogP contribution in [0.5, 0.6) is 0 Å². The van der Waals surface area contributed by atoms with Crippen molar-refractivity contribution >= 4 is 22.4 Å². The van der Waals surface area contributed by atoms with E-state index in [1.807, 2.05) is 12.1 Å². The topological polar surface area (TPSA) is 51.8 Å². The highest BCUT2D eigenvalue weighted by atomic mass is 35.5. The van der Waals surface area contributed by atoms with Gasteiger partial charge in [-0.3, -0.25) is 0 Å². The molecule has 1 aromatic heterocycles. The maximum Gasteiger partial charge on any atom is 0.0589 e. The Labute approximate surface area is 80.5 Å². The lowest BCUT2D eigenvalue weighted by molar-refractivity contribution is 1.04. The summed E-state index contributed by atoms with van der Waals surface area (Å²) in [6.45, 7) is 0.485. The van der Waals surface area contributed by atoms with Crippen LogP contribution in [0.25, 0.3) is 10.8 Å². The molecule has 0 radical (unpaired) electrons. The second kappa shape index (κ2) is 3.28. The zero-order chi connectivity index (χ0) is 9.26. The van der Waals surface area contributed by atoms with E-state index in [-0.39, 0.29) is 0 Å². The standard InChI is InChI=1S/C9H8ClN3/c10-9-2-1-6(3-11)7-4-12-13-5-8(7)9/h1-2,4-5H,3,11H2. The fraction of sp³-hybridized carbons (Fsp3) is 0.111. The van der Waals surface area contributed by atoms with Gasteiger partial charge in [-0.15, -0.1) is 0 Å². The molecule has 0 aliphatic heterocycles. The number of nitrogens with zero attached hydrogens (tertiary/aromatic N) is 2. The molecule has 0 spiro atoms. The van der Waals surface area contributed by atoms with Crippen LogP contribution in [0.1, 0.15) is 5.56 Å². The van der Waals surface area contributed by atoms with Gasteiger partial charge in [0.2, 0.25) is 0 Å². The lowest BCUT2D eigenvalue weighted by Crippen LogP contribution is -1.97. The predicted octanol–water partition coefficient (Wildman–Crippen LogP) is 1.74. The molecular weight excluding hydrogens is 186 g/mol. The highest BCUT2D eigenvalue weighted by Gasteiger charge is 2.02. The Morgan fingerprint density at radius 1 is 1.15 bits per heavy atom. The molecule has 1 heterocycles. The largest absolute Gasteiger partial charge is 0.326 e. The molecule has 0 fully saturated rings. The first-order chi connectivity index (χ1) is 6.33. The molecule has 0 bridgehead atoms. The van der Waals surface area contributed by atoms with E-state index in [0.717, 1.165) is 16.3 Å². The van der Waals surface area contributed by atoms with Crippen molar-refractivity contribution in [2.75, 3.05) is 0 Å². The van der Waals surface area contributed by atoms with Gasteiger partial charge in [-0.2, -0.15) is 10.2 Å². The van der Waals surface area contributed by atoms with Crippen molar-refractivity contribution in [1.29, 1.82) is 0 Å². The third-order valence-electron chi connectivity index (χ3n) is 1.98. The Hall–Kier alpha value is -1.19.